The number of rotatable bonds is 5. The first kappa shape index (κ1) is 17.2. The van der Waals surface area contributed by atoms with Gasteiger partial charge in [0.05, 0.1) is 25.0 Å². The second-order valence-electron chi connectivity index (χ2n) is 4.97. The first-order valence-electron chi connectivity index (χ1n) is 6.89. The Morgan fingerprint density at radius 3 is 2.96 bits per heavy atom. The fraction of sp³-hybridized carbons (Fsp3) is 0.385. The molecule has 130 valence electrons. The summed E-state index contributed by atoms with van der Waals surface area (Å²) in [7, 11) is -2.18. The minimum Gasteiger partial charge on any atom is -0.494 e. The van der Waals surface area contributed by atoms with Gasteiger partial charge in [0, 0.05) is 0 Å². The predicted octanol–water partition coefficient (Wildman–Crippen LogP) is 1.80. The van der Waals surface area contributed by atoms with Crippen LogP contribution in [0.4, 0.5) is 0 Å². The van der Waals surface area contributed by atoms with E-state index in [1.165, 1.54) is 7.11 Å². The summed E-state index contributed by atoms with van der Waals surface area (Å²) in [6.45, 7) is 0.602. The largest absolute Gasteiger partial charge is 0.494 e. The van der Waals surface area contributed by atoms with Gasteiger partial charge in [-0.3, -0.25) is 4.28 Å². The van der Waals surface area contributed by atoms with Crippen LogP contribution in [0.25, 0.3) is 0 Å². The maximum atomic E-state index is 11.1. The smallest absolute Gasteiger partial charge is 0.325 e. The molecule has 1 aliphatic rings. The van der Waals surface area contributed by atoms with Crippen LogP contribution in [-0.2, 0) is 16.5 Å². The monoisotopic (exact) mass is 391 g/mol. The van der Waals surface area contributed by atoms with Crippen LogP contribution in [0, 0.1) is 0 Å². The quantitative estimate of drug-likeness (QED) is 0.761. The molecule has 1 aromatic heterocycles. The number of hydrogen-bond acceptors (Lipinski definition) is 8. The maximum absolute atomic E-state index is 11.1. The average molecular weight is 392 g/mol. The van der Waals surface area contributed by atoms with E-state index >= 15 is 0 Å². The molecule has 2 heterocycles. The van der Waals surface area contributed by atoms with Crippen molar-refractivity contribution >= 4 is 33.5 Å². The van der Waals surface area contributed by atoms with Gasteiger partial charge < -0.3 is 9.47 Å². The molecule has 0 aliphatic carbocycles. The third-order valence-electron chi connectivity index (χ3n) is 3.12. The van der Waals surface area contributed by atoms with Crippen LogP contribution >= 0.6 is 23.4 Å². The number of aryl methyl sites for hydroxylation is 1. The van der Waals surface area contributed by atoms with Gasteiger partial charge in [0.15, 0.2) is 12.1 Å². The fourth-order valence-electron chi connectivity index (χ4n) is 2.25. The number of nitrogens with zero attached hydrogens (tertiary/aromatic N) is 3. The van der Waals surface area contributed by atoms with Crippen LogP contribution in [0.3, 0.4) is 0 Å². The molecule has 0 atom stereocenters. The van der Waals surface area contributed by atoms with Crippen molar-refractivity contribution in [2.24, 2.45) is 0 Å². The summed E-state index contributed by atoms with van der Waals surface area (Å²) in [6.07, 6.45) is 3.85. The average Bonchev–Trinajstić information content (AvgIpc) is 2.92. The number of fused-ring (bicyclic) bond motifs is 1. The minimum absolute atomic E-state index is 0.274. The van der Waals surface area contributed by atoms with Crippen LogP contribution in [0.2, 0.25) is 5.02 Å². The van der Waals surface area contributed by atoms with Gasteiger partial charge in [-0.25, -0.2) is 4.98 Å². The topological polar surface area (TPSA) is 92.5 Å². The van der Waals surface area contributed by atoms with Crippen LogP contribution in [0.5, 0.6) is 11.5 Å². The molecule has 0 fully saturated rings. The number of benzene rings is 1. The van der Waals surface area contributed by atoms with Crippen LogP contribution in [0.15, 0.2) is 22.4 Å². The Balaban J connectivity index is 1.96. The summed E-state index contributed by atoms with van der Waals surface area (Å²) in [5, 5.41) is 4.70. The fourth-order valence-corrected chi connectivity index (χ4v) is 3.93. The third kappa shape index (κ3) is 3.70. The van der Waals surface area contributed by atoms with Crippen molar-refractivity contribution in [2.45, 2.75) is 22.9 Å². The molecule has 1 aromatic carbocycles. The number of halogens is 1. The summed E-state index contributed by atoms with van der Waals surface area (Å²) in [4.78, 5) is 5.45. The number of aromatic nitrogens is 3. The van der Waals surface area contributed by atoms with Gasteiger partial charge in [-0.05, 0) is 36.2 Å². The Labute approximate surface area is 148 Å². The van der Waals surface area contributed by atoms with Crippen LogP contribution in [-0.4, -0.2) is 43.3 Å². The molecule has 1 aliphatic heterocycles. The summed E-state index contributed by atoms with van der Waals surface area (Å²) in [5.41, 5.74) is 0.987. The highest BCUT2D eigenvalue weighted by Gasteiger charge is 2.24. The van der Waals surface area contributed by atoms with E-state index in [2.05, 4.69) is 14.4 Å². The SMILES string of the molecule is COc1c(Cl)cc2c(c1Sc1ncn(OS(C)(=O)=O)n1)OCCC2. The van der Waals surface area contributed by atoms with E-state index in [1.54, 1.807) is 0 Å². The van der Waals surface area contributed by atoms with E-state index in [0.717, 1.165) is 47.6 Å². The lowest BCUT2D eigenvalue weighted by Gasteiger charge is -2.22. The van der Waals surface area contributed by atoms with Crippen molar-refractivity contribution in [3.05, 3.63) is 23.0 Å². The second-order valence-corrected chi connectivity index (χ2v) is 7.91. The molecular weight excluding hydrogens is 378 g/mol. The van der Waals surface area contributed by atoms with Crippen molar-refractivity contribution in [3.8, 4) is 11.5 Å². The molecule has 11 heteroatoms. The first-order valence-corrected chi connectivity index (χ1v) is 9.90. The van der Waals surface area contributed by atoms with Gasteiger partial charge in [0.2, 0.25) is 5.16 Å². The van der Waals surface area contributed by atoms with E-state index in [9.17, 15) is 8.42 Å². The zero-order valence-corrected chi connectivity index (χ0v) is 15.2. The maximum Gasteiger partial charge on any atom is 0.325 e. The second kappa shape index (κ2) is 6.69. The summed E-state index contributed by atoms with van der Waals surface area (Å²) < 4.78 is 38.0. The van der Waals surface area contributed by atoms with Crippen molar-refractivity contribution in [1.82, 2.24) is 14.9 Å². The van der Waals surface area contributed by atoms with E-state index in [-0.39, 0.29) is 5.16 Å². The van der Waals surface area contributed by atoms with Crippen molar-refractivity contribution < 1.29 is 22.2 Å². The highest BCUT2D eigenvalue weighted by atomic mass is 35.5. The van der Waals surface area contributed by atoms with Crippen LogP contribution < -0.4 is 13.8 Å². The molecule has 0 saturated heterocycles. The molecule has 0 unspecified atom stereocenters. The summed E-state index contributed by atoms with van der Waals surface area (Å²) in [5.74, 6) is 1.15. The number of ether oxygens (including phenoxy) is 2. The van der Waals surface area contributed by atoms with Crippen molar-refractivity contribution in [3.63, 3.8) is 0 Å². The Kier molecular flexibility index (Phi) is 4.79. The van der Waals surface area contributed by atoms with E-state index in [1.807, 2.05) is 6.07 Å². The molecule has 24 heavy (non-hydrogen) atoms. The Morgan fingerprint density at radius 1 is 1.46 bits per heavy atom. The molecular formula is C13H14ClN3O5S2. The highest BCUT2D eigenvalue weighted by Crippen LogP contribution is 2.47. The van der Waals surface area contributed by atoms with Gasteiger partial charge in [-0.2, -0.15) is 8.42 Å². The van der Waals surface area contributed by atoms with Crippen molar-refractivity contribution in [1.29, 1.82) is 0 Å². The summed E-state index contributed by atoms with van der Waals surface area (Å²) in [6, 6.07) is 1.83. The zero-order chi connectivity index (χ0) is 17.3. The van der Waals surface area contributed by atoms with E-state index in [0.29, 0.717) is 28.0 Å². The lowest BCUT2D eigenvalue weighted by molar-refractivity contribution is 0.237. The van der Waals surface area contributed by atoms with Gasteiger partial charge in [0.1, 0.15) is 10.6 Å². The van der Waals surface area contributed by atoms with Gasteiger partial charge >= 0.3 is 10.1 Å². The van der Waals surface area contributed by atoms with Gasteiger partial charge in [-0.1, -0.05) is 16.4 Å². The molecule has 0 N–H and O–H groups in total. The van der Waals surface area contributed by atoms with E-state index < -0.39 is 10.1 Å². The third-order valence-corrected chi connectivity index (χ3v) is 4.77. The Bertz CT molecular complexity index is 869. The molecule has 2 aromatic rings. The zero-order valence-electron chi connectivity index (χ0n) is 12.9. The highest BCUT2D eigenvalue weighted by molar-refractivity contribution is 7.99. The molecule has 8 nitrogen and oxygen atoms in total. The normalized spacial score (nSPS) is 14.0. The van der Waals surface area contributed by atoms with Crippen LogP contribution in [0.1, 0.15) is 12.0 Å². The standard InChI is InChI=1S/C13H14ClN3O5S2/c1-20-11-9(14)6-8-4-3-5-21-10(8)12(11)23-13-15-7-17(16-13)22-24(2,18)19/h6-7H,3-5H2,1-2H3. The van der Waals surface area contributed by atoms with Gasteiger partial charge in [-0.15, -0.1) is 5.10 Å². The minimum atomic E-state index is -3.69. The van der Waals surface area contributed by atoms with Crippen molar-refractivity contribution in [2.75, 3.05) is 20.0 Å². The predicted molar refractivity (Wildman–Crippen MR) is 87.4 cm³/mol. The number of hydrogen-bond donors (Lipinski definition) is 0. The molecule has 0 bridgehead atoms. The van der Waals surface area contributed by atoms with Gasteiger partial charge in [0.25, 0.3) is 0 Å². The molecule has 0 spiro atoms. The lowest BCUT2D eigenvalue weighted by atomic mass is 10.1. The lowest BCUT2D eigenvalue weighted by Crippen LogP contribution is -2.18. The number of methoxy groups -OCH3 is 1. The molecule has 0 radical (unpaired) electrons. The Morgan fingerprint density at radius 2 is 2.25 bits per heavy atom. The molecule has 0 saturated carbocycles. The Hall–Kier alpha value is -1.65. The van der Waals surface area contributed by atoms with E-state index in [4.69, 9.17) is 21.1 Å². The first-order chi connectivity index (χ1) is 11.4. The summed E-state index contributed by atoms with van der Waals surface area (Å²) >= 11 is 7.44. The molecule has 3 rings (SSSR count). The molecule has 0 amide bonds.